The summed E-state index contributed by atoms with van der Waals surface area (Å²) in [4.78, 5) is 16.7. The molecule has 0 aliphatic carbocycles. The summed E-state index contributed by atoms with van der Waals surface area (Å²) in [6.45, 7) is 8.17. The number of benzene rings is 1. The van der Waals surface area contributed by atoms with Gasteiger partial charge in [-0.05, 0) is 31.9 Å². The van der Waals surface area contributed by atoms with Crippen molar-refractivity contribution >= 4 is 5.91 Å². The molecule has 2 aliphatic rings. The Labute approximate surface area is 144 Å². The fourth-order valence-corrected chi connectivity index (χ4v) is 3.33. The first-order valence-corrected chi connectivity index (χ1v) is 8.98. The highest BCUT2D eigenvalue weighted by Crippen LogP contribution is 2.19. The zero-order chi connectivity index (χ0) is 16.8. The van der Waals surface area contributed by atoms with Crippen LogP contribution in [0.4, 0.5) is 0 Å². The lowest BCUT2D eigenvalue weighted by molar-refractivity contribution is -0.135. The van der Waals surface area contributed by atoms with Crippen molar-refractivity contribution in [1.82, 2.24) is 9.80 Å². The van der Waals surface area contributed by atoms with Gasteiger partial charge in [0.25, 0.3) is 0 Å². The molecule has 132 valence electrons. The monoisotopic (exact) mass is 332 g/mol. The van der Waals surface area contributed by atoms with Crippen molar-refractivity contribution in [3.8, 4) is 5.75 Å². The van der Waals surface area contributed by atoms with E-state index in [1.807, 2.05) is 17.0 Å². The van der Waals surface area contributed by atoms with Gasteiger partial charge in [0.2, 0.25) is 5.91 Å². The Hall–Kier alpha value is -1.59. The van der Waals surface area contributed by atoms with Crippen LogP contribution in [-0.2, 0) is 9.53 Å². The molecule has 1 aromatic rings. The summed E-state index contributed by atoms with van der Waals surface area (Å²) in [5.41, 5.74) is 1.24. The molecule has 2 fully saturated rings. The number of ether oxygens (including phenoxy) is 2. The lowest BCUT2D eigenvalue weighted by Gasteiger charge is -2.35. The Morgan fingerprint density at radius 3 is 2.71 bits per heavy atom. The van der Waals surface area contributed by atoms with Crippen LogP contribution in [-0.4, -0.2) is 68.3 Å². The first-order chi connectivity index (χ1) is 11.7. The van der Waals surface area contributed by atoms with E-state index in [1.165, 1.54) is 5.56 Å². The van der Waals surface area contributed by atoms with Gasteiger partial charge in [-0.25, -0.2) is 0 Å². The van der Waals surface area contributed by atoms with E-state index in [0.29, 0.717) is 19.1 Å². The van der Waals surface area contributed by atoms with Crippen molar-refractivity contribution in [3.05, 3.63) is 29.8 Å². The molecule has 5 heteroatoms. The molecule has 1 amide bonds. The minimum absolute atomic E-state index is 0.247. The number of rotatable bonds is 5. The van der Waals surface area contributed by atoms with Gasteiger partial charge in [-0.15, -0.1) is 0 Å². The molecule has 0 bridgehead atoms. The highest BCUT2D eigenvalue weighted by Gasteiger charge is 2.25. The van der Waals surface area contributed by atoms with E-state index in [1.54, 1.807) is 0 Å². The van der Waals surface area contributed by atoms with E-state index in [-0.39, 0.29) is 5.91 Å². The van der Waals surface area contributed by atoms with Crippen LogP contribution in [0.25, 0.3) is 0 Å². The Bertz CT molecular complexity index is 526. The number of aryl methyl sites for hydroxylation is 1. The summed E-state index contributed by atoms with van der Waals surface area (Å²) >= 11 is 0. The van der Waals surface area contributed by atoms with Gasteiger partial charge in [-0.3, -0.25) is 9.69 Å². The molecule has 5 nitrogen and oxygen atoms in total. The summed E-state index contributed by atoms with van der Waals surface area (Å²) in [7, 11) is 0. The first kappa shape index (κ1) is 17.2. The minimum atomic E-state index is 0.247. The molecule has 0 aromatic heterocycles. The van der Waals surface area contributed by atoms with Gasteiger partial charge in [0, 0.05) is 32.1 Å². The Morgan fingerprint density at radius 2 is 1.96 bits per heavy atom. The molecule has 2 heterocycles. The number of amides is 1. The number of morpholine rings is 1. The zero-order valence-electron chi connectivity index (χ0n) is 14.6. The Morgan fingerprint density at radius 1 is 1.21 bits per heavy atom. The largest absolute Gasteiger partial charge is 0.493 e. The molecule has 0 N–H and O–H groups in total. The summed E-state index contributed by atoms with van der Waals surface area (Å²) < 4.78 is 11.3. The van der Waals surface area contributed by atoms with Crippen molar-refractivity contribution in [2.45, 2.75) is 19.8 Å². The Kier molecular flexibility index (Phi) is 6.10. The molecule has 2 saturated heterocycles. The summed E-state index contributed by atoms with van der Waals surface area (Å²) in [5, 5.41) is 0. The van der Waals surface area contributed by atoms with Crippen LogP contribution in [0, 0.1) is 12.8 Å². The third-order valence-corrected chi connectivity index (χ3v) is 4.84. The fraction of sp³-hybridized carbons (Fsp3) is 0.632. The number of hydrogen-bond donors (Lipinski definition) is 0. The predicted octanol–water partition coefficient (Wildman–Crippen LogP) is 1.94. The second-order valence-electron chi connectivity index (χ2n) is 6.86. The van der Waals surface area contributed by atoms with Crippen LogP contribution in [0.1, 0.15) is 18.4 Å². The first-order valence-electron chi connectivity index (χ1n) is 8.98. The zero-order valence-corrected chi connectivity index (χ0v) is 14.6. The second kappa shape index (κ2) is 8.49. The van der Waals surface area contributed by atoms with E-state index in [0.717, 1.165) is 58.0 Å². The number of hydrogen-bond acceptors (Lipinski definition) is 4. The van der Waals surface area contributed by atoms with E-state index in [2.05, 4.69) is 24.0 Å². The third kappa shape index (κ3) is 4.95. The smallest absolute Gasteiger partial charge is 0.236 e. The standard InChI is InChI=1S/C19H28N2O3/c1-16-4-6-18(7-5-16)24-15-17-3-2-8-21(13-17)19(22)14-20-9-11-23-12-10-20/h4-7,17H,2-3,8-15H2,1H3/t17-/m0/s1. The normalized spacial score (nSPS) is 22.4. The van der Waals surface area contributed by atoms with Crippen molar-refractivity contribution in [3.63, 3.8) is 0 Å². The lowest BCUT2D eigenvalue weighted by Crippen LogP contribution is -2.48. The quantitative estimate of drug-likeness (QED) is 0.826. The topological polar surface area (TPSA) is 42.0 Å². The van der Waals surface area contributed by atoms with Crippen LogP contribution < -0.4 is 4.74 Å². The molecule has 24 heavy (non-hydrogen) atoms. The number of carbonyl (C=O) groups excluding carboxylic acids is 1. The van der Waals surface area contributed by atoms with Crippen LogP contribution in [0.2, 0.25) is 0 Å². The number of likely N-dealkylation sites (tertiary alicyclic amines) is 1. The molecular weight excluding hydrogens is 304 g/mol. The number of carbonyl (C=O) groups is 1. The molecule has 0 saturated carbocycles. The predicted molar refractivity (Wildman–Crippen MR) is 93.2 cm³/mol. The molecule has 3 rings (SSSR count). The Balaban J connectivity index is 1.44. The molecule has 1 aromatic carbocycles. The SMILES string of the molecule is Cc1ccc(OC[C@H]2CCCN(C(=O)CN3CCOCC3)C2)cc1. The van der Waals surface area contributed by atoms with Gasteiger partial charge in [0.1, 0.15) is 5.75 Å². The van der Waals surface area contributed by atoms with E-state index in [4.69, 9.17) is 9.47 Å². The van der Waals surface area contributed by atoms with Crippen molar-refractivity contribution in [2.75, 3.05) is 52.5 Å². The third-order valence-electron chi connectivity index (χ3n) is 4.84. The van der Waals surface area contributed by atoms with Gasteiger partial charge in [-0.2, -0.15) is 0 Å². The molecule has 0 spiro atoms. The van der Waals surface area contributed by atoms with Crippen LogP contribution >= 0.6 is 0 Å². The van der Waals surface area contributed by atoms with Gasteiger partial charge in [-0.1, -0.05) is 17.7 Å². The van der Waals surface area contributed by atoms with E-state index in [9.17, 15) is 4.79 Å². The number of piperidine rings is 1. The molecule has 1 atom stereocenters. The maximum atomic E-state index is 12.5. The van der Waals surface area contributed by atoms with E-state index >= 15 is 0 Å². The fourth-order valence-electron chi connectivity index (χ4n) is 3.33. The summed E-state index contributed by atoms with van der Waals surface area (Å²) in [6.07, 6.45) is 2.20. The highest BCUT2D eigenvalue weighted by molar-refractivity contribution is 5.78. The summed E-state index contributed by atoms with van der Waals surface area (Å²) in [6, 6.07) is 8.15. The van der Waals surface area contributed by atoms with E-state index < -0.39 is 0 Å². The minimum Gasteiger partial charge on any atom is -0.493 e. The van der Waals surface area contributed by atoms with Crippen LogP contribution in [0.3, 0.4) is 0 Å². The molecular formula is C19H28N2O3. The molecule has 0 unspecified atom stereocenters. The average molecular weight is 332 g/mol. The van der Waals surface area contributed by atoms with Crippen LogP contribution in [0.5, 0.6) is 5.75 Å². The maximum Gasteiger partial charge on any atom is 0.236 e. The van der Waals surface area contributed by atoms with Crippen molar-refractivity contribution < 1.29 is 14.3 Å². The van der Waals surface area contributed by atoms with Crippen LogP contribution in [0.15, 0.2) is 24.3 Å². The number of nitrogens with zero attached hydrogens (tertiary/aromatic N) is 2. The summed E-state index contributed by atoms with van der Waals surface area (Å²) in [5.74, 6) is 1.59. The van der Waals surface area contributed by atoms with Crippen molar-refractivity contribution in [1.29, 1.82) is 0 Å². The highest BCUT2D eigenvalue weighted by atomic mass is 16.5. The average Bonchev–Trinajstić information content (AvgIpc) is 2.62. The van der Waals surface area contributed by atoms with Gasteiger partial charge in [0.15, 0.2) is 0 Å². The molecule has 0 radical (unpaired) electrons. The van der Waals surface area contributed by atoms with Crippen molar-refractivity contribution in [2.24, 2.45) is 5.92 Å². The van der Waals surface area contributed by atoms with Gasteiger partial charge in [0.05, 0.1) is 26.4 Å². The maximum absolute atomic E-state index is 12.5. The van der Waals surface area contributed by atoms with Gasteiger partial charge < -0.3 is 14.4 Å². The lowest BCUT2D eigenvalue weighted by atomic mass is 9.99. The van der Waals surface area contributed by atoms with Gasteiger partial charge >= 0.3 is 0 Å². The molecule has 2 aliphatic heterocycles. The second-order valence-corrected chi connectivity index (χ2v) is 6.86.